The summed E-state index contributed by atoms with van der Waals surface area (Å²) in [5.74, 6) is 0. The number of fused-ring (bicyclic) bond motifs is 21. The summed E-state index contributed by atoms with van der Waals surface area (Å²) >= 11 is 0. The van der Waals surface area contributed by atoms with Gasteiger partial charge in [0.1, 0.15) is 22.3 Å². The number of nitrogens with zero attached hydrogens (tertiary/aromatic N) is 2. The second kappa shape index (κ2) is 11.3. The van der Waals surface area contributed by atoms with Gasteiger partial charge in [0.25, 0.3) is 0 Å². The highest BCUT2D eigenvalue weighted by molar-refractivity contribution is 6.24. The molecule has 4 nitrogen and oxygen atoms in total. The third-order valence-electron chi connectivity index (χ3n) is 14.5. The number of hydrogen-bond acceptors (Lipinski definition) is 2. The zero-order chi connectivity index (χ0) is 40.6. The Morgan fingerprint density at radius 2 is 1.13 bits per heavy atom. The highest BCUT2D eigenvalue weighted by Crippen LogP contribution is 2.53. The molecule has 0 N–H and O–H groups in total. The summed E-state index contributed by atoms with van der Waals surface area (Å²) in [6.45, 7) is 4.79. The maximum atomic E-state index is 6.65. The number of aromatic nitrogens is 2. The molecule has 9 aromatic carbocycles. The molecule has 15 rings (SSSR count). The first-order chi connectivity index (χ1) is 30.5. The fraction of sp³-hybridized carbons (Fsp3) is 0.0690. The molecule has 62 heavy (non-hydrogen) atoms. The molecule has 4 aromatic heterocycles. The summed E-state index contributed by atoms with van der Waals surface area (Å²) in [6.07, 6.45) is 0.853. The van der Waals surface area contributed by atoms with Crippen LogP contribution >= 0.6 is 0 Å². The lowest BCUT2D eigenvalue weighted by Gasteiger charge is -2.23. The van der Waals surface area contributed by atoms with E-state index in [-0.39, 0.29) is 5.41 Å². The van der Waals surface area contributed by atoms with E-state index in [1.807, 2.05) is 6.07 Å². The van der Waals surface area contributed by atoms with Crippen LogP contribution in [0.5, 0.6) is 0 Å². The molecule has 2 aliphatic rings. The molecule has 0 radical (unpaired) electrons. The lowest BCUT2D eigenvalue weighted by Crippen LogP contribution is -2.16. The van der Waals surface area contributed by atoms with Gasteiger partial charge in [-0.3, -0.25) is 0 Å². The van der Waals surface area contributed by atoms with E-state index < -0.39 is 0 Å². The van der Waals surface area contributed by atoms with Crippen molar-refractivity contribution in [2.45, 2.75) is 25.7 Å². The third-order valence-corrected chi connectivity index (χ3v) is 14.5. The average Bonchev–Trinajstić information content (AvgIpc) is 4.14. The number of para-hydroxylation sites is 3. The molecule has 0 saturated carbocycles. The first-order valence-corrected chi connectivity index (χ1v) is 21.6. The second-order valence-corrected chi connectivity index (χ2v) is 18.0. The number of rotatable bonds is 2. The normalized spacial score (nSPS) is 14.0. The Labute approximate surface area is 355 Å². The Hall–Kier alpha value is -7.82. The van der Waals surface area contributed by atoms with Crippen LogP contribution in [-0.2, 0) is 11.8 Å². The Balaban J connectivity index is 0.932. The van der Waals surface area contributed by atoms with Crippen LogP contribution in [0.3, 0.4) is 0 Å². The van der Waals surface area contributed by atoms with E-state index in [9.17, 15) is 0 Å². The van der Waals surface area contributed by atoms with Crippen LogP contribution < -0.4 is 0 Å². The molecular weight excluding hydrogens is 757 g/mol. The van der Waals surface area contributed by atoms with Gasteiger partial charge in [-0.15, -0.1) is 0 Å². The minimum absolute atomic E-state index is 0.146. The summed E-state index contributed by atoms with van der Waals surface area (Å²) in [7, 11) is 0. The van der Waals surface area contributed by atoms with E-state index in [2.05, 4.69) is 187 Å². The molecule has 0 atom stereocenters. The van der Waals surface area contributed by atoms with E-state index in [0.717, 1.165) is 67.0 Å². The maximum absolute atomic E-state index is 6.65. The van der Waals surface area contributed by atoms with Crippen molar-refractivity contribution in [1.82, 2.24) is 9.13 Å². The van der Waals surface area contributed by atoms with Gasteiger partial charge >= 0.3 is 0 Å². The van der Waals surface area contributed by atoms with Crippen molar-refractivity contribution in [2.24, 2.45) is 0 Å². The molecule has 0 saturated heterocycles. The summed E-state index contributed by atoms with van der Waals surface area (Å²) < 4.78 is 18.2. The molecule has 0 unspecified atom stereocenters. The molecule has 0 bridgehead atoms. The number of benzene rings is 9. The van der Waals surface area contributed by atoms with E-state index in [4.69, 9.17) is 8.83 Å². The van der Waals surface area contributed by atoms with Crippen LogP contribution in [-0.4, -0.2) is 9.13 Å². The van der Waals surface area contributed by atoms with Crippen molar-refractivity contribution in [3.63, 3.8) is 0 Å². The zero-order valence-electron chi connectivity index (χ0n) is 34.1. The standard InChI is InChI=1S/C58H36N2O2/c1-58(2)46-15-7-3-11-36(46)39-22-23-40-37-12-4-8-16-47(37)60(56(40)55(39)58)34-20-19-32-29-44-35(43(32)30-34)25-28-52-53(44)45-31-33(21-27-51(45)61-52)59-48-17-9-5-14-42(48)54-49(59)26-24-41-38-13-6-10-18-50(38)62-57(41)54/h3-28,30-31H,29H2,1-2H3. The average molecular weight is 793 g/mol. The summed E-state index contributed by atoms with van der Waals surface area (Å²) in [5.41, 5.74) is 21.3. The predicted molar refractivity (Wildman–Crippen MR) is 255 cm³/mol. The Bertz CT molecular complexity index is 4160. The lowest BCUT2D eigenvalue weighted by atomic mass is 9.81. The van der Waals surface area contributed by atoms with Gasteiger partial charge in [-0.25, -0.2) is 0 Å². The van der Waals surface area contributed by atoms with Crippen LogP contribution in [0.25, 0.3) is 121 Å². The van der Waals surface area contributed by atoms with Crippen molar-refractivity contribution >= 4 is 87.5 Å². The van der Waals surface area contributed by atoms with Crippen LogP contribution in [0.15, 0.2) is 179 Å². The fourth-order valence-electron chi connectivity index (χ4n) is 11.9. The van der Waals surface area contributed by atoms with Crippen LogP contribution in [0.2, 0.25) is 0 Å². The Morgan fingerprint density at radius 1 is 0.435 bits per heavy atom. The van der Waals surface area contributed by atoms with Gasteiger partial charge in [0.05, 0.1) is 27.5 Å². The number of hydrogen-bond donors (Lipinski definition) is 0. The summed E-state index contributed by atoms with van der Waals surface area (Å²) in [4.78, 5) is 0. The van der Waals surface area contributed by atoms with Gasteiger partial charge in [0.2, 0.25) is 0 Å². The summed E-state index contributed by atoms with van der Waals surface area (Å²) in [6, 6.07) is 62.4. The SMILES string of the molecule is CC1(C)c2ccccc2-c2ccc3c4ccccc4n(-c4ccc5c(c4)-c4ccc6oc7ccc(-n8c9ccccc9c9c%10oc%11ccccc%11c%10ccc98)cc7c6c4C5)c3c21. The lowest BCUT2D eigenvalue weighted by molar-refractivity contribution is 0.664. The van der Waals surface area contributed by atoms with Crippen molar-refractivity contribution in [3.8, 4) is 33.6 Å². The van der Waals surface area contributed by atoms with Gasteiger partial charge in [0.15, 0.2) is 0 Å². The molecule has 0 fully saturated rings. The maximum Gasteiger partial charge on any atom is 0.145 e. The van der Waals surface area contributed by atoms with E-state index in [0.29, 0.717) is 0 Å². The van der Waals surface area contributed by atoms with Gasteiger partial charge in [-0.2, -0.15) is 0 Å². The molecule has 0 aliphatic heterocycles. The summed E-state index contributed by atoms with van der Waals surface area (Å²) in [5, 5.41) is 9.52. The van der Waals surface area contributed by atoms with Gasteiger partial charge in [0, 0.05) is 54.5 Å². The van der Waals surface area contributed by atoms with Gasteiger partial charge in [-0.1, -0.05) is 117 Å². The highest BCUT2D eigenvalue weighted by atomic mass is 16.3. The molecule has 2 aliphatic carbocycles. The van der Waals surface area contributed by atoms with Crippen LogP contribution in [0, 0.1) is 0 Å². The Kier molecular flexibility index (Phi) is 6.01. The molecule has 4 heterocycles. The van der Waals surface area contributed by atoms with Crippen molar-refractivity contribution < 1.29 is 8.83 Å². The molecular formula is C58H36N2O2. The highest BCUT2D eigenvalue weighted by Gasteiger charge is 2.38. The van der Waals surface area contributed by atoms with Gasteiger partial charge < -0.3 is 18.0 Å². The second-order valence-electron chi connectivity index (χ2n) is 18.0. The first kappa shape index (κ1) is 33.0. The minimum atomic E-state index is -0.146. The van der Waals surface area contributed by atoms with Crippen molar-refractivity contribution in [1.29, 1.82) is 0 Å². The predicted octanol–water partition coefficient (Wildman–Crippen LogP) is 15.6. The van der Waals surface area contributed by atoms with E-state index in [1.165, 1.54) is 82.8 Å². The monoisotopic (exact) mass is 792 g/mol. The molecule has 4 heteroatoms. The molecule has 290 valence electrons. The van der Waals surface area contributed by atoms with Crippen molar-refractivity contribution in [3.05, 3.63) is 192 Å². The van der Waals surface area contributed by atoms with E-state index >= 15 is 0 Å². The van der Waals surface area contributed by atoms with E-state index in [1.54, 1.807) is 0 Å². The van der Waals surface area contributed by atoms with Crippen LogP contribution in [0.4, 0.5) is 0 Å². The fourth-order valence-corrected chi connectivity index (χ4v) is 11.9. The zero-order valence-corrected chi connectivity index (χ0v) is 34.1. The largest absolute Gasteiger partial charge is 0.456 e. The van der Waals surface area contributed by atoms with Crippen molar-refractivity contribution in [2.75, 3.05) is 0 Å². The Morgan fingerprint density at radius 3 is 2.03 bits per heavy atom. The topological polar surface area (TPSA) is 36.1 Å². The smallest absolute Gasteiger partial charge is 0.145 e. The van der Waals surface area contributed by atoms with Crippen LogP contribution in [0.1, 0.15) is 36.1 Å². The molecule has 13 aromatic rings. The quantitative estimate of drug-likeness (QED) is 0.175. The van der Waals surface area contributed by atoms with Gasteiger partial charge in [-0.05, 0) is 118 Å². The first-order valence-electron chi connectivity index (χ1n) is 21.6. The minimum Gasteiger partial charge on any atom is -0.456 e. The number of furan rings is 2. The molecule has 0 amide bonds. The third kappa shape index (κ3) is 3.99. The molecule has 0 spiro atoms.